The fraction of sp³-hybridized carbons (Fsp3) is 0.200. The van der Waals surface area contributed by atoms with E-state index in [9.17, 15) is 0 Å². The number of rotatable bonds is 1. The number of hydrogen-bond acceptors (Lipinski definition) is 3. The molecule has 4 heteroatoms. The number of hydrogen-bond donors (Lipinski definition) is 2. The van der Waals surface area contributed by atoms with Crippen LogP contribution in [0.2, 0.25) is 0 Å². The van der Waals surface area contributed by atoms with Crippen LogP contribution in [0.25, 0.3) is 0 Å². The Morgan fingerprint density at radius 2 is 2.22 bits per heavy atom. The van der Waals surface area contributed by atoms with Crippen LogP contribution in [-0.4, -0.2) is 10.1 Å². The molecule has 0 heterocycles. The second-order valence-corrected chi connectivity index (χ2v) is 1.88. The number of aliphatic hydroxyl groups is 1. The third-order valence-corrected chi connectivity index (χ3v) is 0.924. The first-order valence-corrected chi connectivity index (χ1v) is 2.60. The highest BCUT2D eigenvalue weighted by atomic mass is 32.1. The molecule has 3 N–H and O–H groups in total. The maximum absolute atomic E-state index is 8.67. The van der Waals surface area contributed by atoms with Crippen molar-refractivity contribution in [2.45, 2.75) is 6.92 Å². The molecule has 0 aliphatic carbocycles. The van der Waals surface area contributed by atoms with Crippen LogP contribution in [0.15, 0.2) is 11.3 Å². The van der Waals surface area contributed by atoms with E-state index in [-0.39, 0.29) is 16.3 Å². The van der Waals surface area contributed by atoms with Crippen LogP contribution in [0.5, 0.6) is 0 Å². The molecule has 0 aromatic rings. The molecule has 3 nitrogen and oxygen atoms in total. The number of nitrogens with two attached hydrogens (primary N) is 1. The summed E-state index contributed by atoms with van der Waals surface area (Å²) in [6.45, 7) is 1.36. The predicted octanol–water partition coefficient (Wildman–Crippen LogP) is 0.628. The number of allylic oxidation sites excluding steroid dienone is 1. The number of nitriles is 1. The smallest absolute Gasteiger partial charge is 0.123 e. The Bertz CT molecular complexity index is 197. The summed E-state index contributed by atoms with van der Waals surface area (Å²) in [5.41, 5.74) is 5.02. The van der Waals surface area contributed by atoms with Gasteiger partial charge < -0.3 is 10.8 Å². The Balaban J connectivity index is 4.62. The van der Waals surface area contributed by atoms with Crippen LogP contribution in [-0.2, 0) is 0 Å². The first kappa shape index (κ1) is 7.92. The molecule has 48 valence electrons. The number of nitrogens with zero attached hydrogens (tertiary/aromatic N) is 1. The normalized spacial score (nSPS) is 11.6. The summed E-state index contributed by atoms with van der Waals surface area (Å²) in [5.74, 6) is -0.134. The number of aliphatic hydroxyl groups excluding tert-OH is 1. The molecule has 0 rings (SSSR count). The first-order valence-electron chi connectivity index (χ1n) is 2.19. The standard InChI is InChI=1S/C5H6N2OS/c1-3(8)4(2-6)5(7)9/h8H,1H3,(H2,7,9)/b4-3+. The Hall–Kier alpha value is -1.08. The average Bonchev–Trinajstić information content (AvgIpc) is 1.64. The molecule has 0 aromatic heterocycles. The monoisotopic (exact) mass is 142 g/mol. The maximum Gasteiger partial charge on any atom is 0.123 e. The SMILES string of the molecule is C/C(O)=C(/C#N)C(N)=S. The molecule has 0 saturated heterocycles. The van der Waals surface area contributed by atoms with Gasteiger partial charge in [-0.2, -0.15) is 5.26 Å². The van der Waals surface area contributed by atoms with Gasteiger partial charge >= 0.3 is 0 Å². The second kappa shape index (κ2) is 3.05. The molecule has 0 fully saturated rings. The van der Waals surface area contributed by atoms with Crippen LogP contribution in [0.1, 0.15) is 6.92 Å². The molecule has 0 aliphatic heterocycles. The van der Waals surface area contributed by atoms with E-state index in [4.69, 9.17) is 16.1 Å². The van der Waals surface area contributed by atoms with Crippen molar-refractivity contribution >= 4 is 17.2 Å². The first-order chi connectivity index (χ1) is 4.09. The Kier molecular flexibility index (Phi) is 2.68. The van der Waals surface area contributed by atoms with Gasteiger partial charge in [0.1, 0.15) is 22.4 Å². The van der Waals surface area contributed by atoms with E-state index in [2.05, 4.69) is 12.2 Å². The van der Waals surface area contributed by atoms with E-state index >= 15 is 0 Å². The van der Waals surface area contributed by atoms with Crippen molar-refractivity contribution < 1.29 is 5.11 Å². The zero-order valence-electron chi connectivity index (χ0n) is 4.88. The summed E-state index contributed by atoms with van der Waals surface area (Å²) < 4.78 is 0. The molecular weight excluding hydrogens is 136 g/mol. The third kappa shape index (κ3) is 2.11. The highest BCUT2D eigenvalue weighted by Gasteiger charge is 2.01. The van der Waals surface area contributed by atoms with Crippen molar-refractivity contribution in [2.24, 2.45) is 5.73 Å². The van der Waals surface area contributed by atoms with Crippen molar-refractivity contribution in [3.05, 3.63) is 11.3 Å². The lowest BCUT2D eigenvalue weighted by molar-refractivity contribution is 0.412. The molecule has 0 aliphatic rings. The van der Waals surface area contributed by atoms with E-state index in [1.165, 1.54) is 6.92 Å². The van der Waals surface area contributed by atoms with E-state index in [0.29, 0.717) is 0 Å². The molecule has 0 saturated carbocycles. The molecule has 0 aromatic carbocycles. The molecule has 0 atom stereocenters. The minimum Gasteiger partial charge on any atom is -0.511 e. The molecule has 0 spiro atoms. The average molecular weight is 142 g/mol. The van der Waals surface area contributed by atoms with Crippen LogP contribution in [0.3, 0.4) is 0 Å². The third-order valence-electron chi connectivity index (χ3n) is 0.720. The molecule has 9 heavy (non-hydrogen) atoms. The van der Waals surface area contributed by atoms with Crippen LogP contribution in [0.4, 0.5) is 0 Å². The van der Waals surface area contributed by atoms with Crippen LogP contribution < -0.4 is 5.73 Å². The van der Waals surface area contributed by atoms with Gasteiger partial charge in [0.15, 0.2) is 0 Å². The van der Waals surface area contributed by atoms with E-state index in [1.807, 2.05) is 0 Å². The van der Waals surface area contributed by atoms with E-state index in [0.717, 1.165) is 0 Å². The largest absolute Gasteiger partial charge is 0.511 e. The lowest BCUT2D eigenvalue weighted by atomic mass is 10.2. The highest BCUT2D eigenvalue weighted by molar-refractivity contribution is 7.80. The zero-order valence-corrected chi connectivity index (χ0v) is 5.70. The van der Waals surface area contributed by atoms with E-state index in [1.54, 1.807) is 6.07 Å². The number of thiocarbonyl (C=S) groups is 1. The van der Waals surface area contributed by atoms with Gasteiger partial charge in [0, 0.05) is 0 Å². The Morgan fingerprint density at radius 1 is 1.78 bits per heavy atom. The molecular formula is C5H6N2OS. The second-order valence-electron chi connectivity index (χ2n) is 1.44. The van der Waals surface area contributed by atoms with Crippen molar-refractivity contribution in [1.29, 1.82) is 5.26 Å². The minimum atomic E-state index is -0.134. The zero-order chi connectivity index (χ0) is 7.44. The molecule has 0 bridgehead atoms. The van der Waals surface area contributed by atoms with Gasteiger partial charge in [0.25, 0.3) is 0 Å². The quantitative estimate of drug-likeness (QED) is 0.244. The molecule has 0 amide bonds. The predicted molar refractivity (Wildman–Crippen MR) is 37.7 cm³/mol. The summed E-state index contributed by atoms with van der Waals surface area (Å²) in [7, 11) is 0. The summed E-state index contributed by atoms with van der Waals surface area (Å²) in [4.78, 5) is -0.0718. The highest BCUT2D eigenvalue weighted by Crippen LogP contribution is 1.97. The lowest BCUT2D eigenvalue weighted by Crippen LogP contribution is -2.11. The van der Waals surface area contributed by atoms with Gasteiger partial charge in [-0.25, -0.2) is 0 Å². The lowest BCUT2D eigenvalue weighted by Gasteiger charge is -1.93. The maximum atomic E-state index is 8.67. The van der Waals surface area contributed by atoms with Crippen LogP contribution in [0, 0.1) is 11.3 Å². The van der Waals surface area contributed by atoms with Crippen molar-refractivity contribution in [3.8, 4) is 6.07 Å². The van der Waals surface area contributed by atoms with Gasteiger partial charge in [-0.3, -0.25) is 0 Å². The fourth-order valence-electron chi connectivity index (χ4n) is 0.314. The van der Waals surface area contributed by atoms with Crippen molar-refractivity contribution in [2.75, 3.05) is 0 Å². The topological polar surface area (TPSA) is 70.0 Å². The minimum absolute atomic E-state index is 0.0231. The Morgan fingerprint density at radius 3 is 2.22 bits per heavy atom. The summed E-state index contributed by atoms with van der Waals surface area (Å²) in [5, 5.41) is 16.9. The van der Waals surface area contributed by atoms with Gasteiger partial charge in [-0.15, -0.1) is 0 Å². The van der Waals surface area contributed by atoms with Gasteiger partial charge in [-0.1, -0.05) is 12.2 Å². The Labute approximate surface area is 58.4 Å². The fourth-order valence-corrected chi connectivity index (χ4v) is 0.508. The van der Waals surface area contributed by atoms with E-state index < -0.39 is 0 Å². The van der Waals surface area contributed by atoms with Crippen molar-refractivity contribution in [1.82, 2.24) is 0 Å². The summed E-state index contributed by atoms with van der Waals surface area (Å²) >= 11 is 4.43. The summed E-state index contributed by atoms with van der Waals surface area (Å²) in [6.07, 6.45) is 0. The van der Waals surface area contributed by atoms with Gasteiger partial charge in [0.05, 0.1) is 0 Å². The molecule has 0 unspecified atom stereocenters. The van der Waals surface area contributed by atoms with Crippen molar-refractivity contribution in [3.63, 3.8) is 0 Å². The van der Waals surface area contributed by atoms with Crippen LogP contribution >= 0.6 is 12.2 Å². The summed E-state index contributed by atoms with van der Waals surface area (Å²) in [6, 6.07) is 1.66. The van der Waals surface area contributed by atoms with Gasteiger partial charge in [0.2, 0.25) is 0 Å². The van der Waals surface area contributed by atoms with Gasteiger partial charge in [-0.05, 0) is 6.92 Å². The molecule has 0 radical (unpaired) electrons.